The van der Waals surface area contributed by atoms with E-state index in [4.69, 9.17) is 10.2 Å². The zero-order chi connectivity index (χ0) is 7.33. The summed E-state index contributed by atoms with van der Waals surface area (Å²) in [7, 11) is 0. The Balaban J connectivity index is 3.82. The minimum atomic E-state index is -0.306. The van der Waals surface area contributed by atoms with Gasteiger partial charge in [-0.15, -0.1) is 0 Å². The number of halogens is 1. The van der Waals surface area contributed by atoms with E-state index >= 15 is 0 Å². The highest BCUT2D eigenvalue weighted by Crippen LogP contribution is 2.22. The van der Waals surface area contributed by atoms with Crippen LogP contribution in [0.25, 0.3) is 0 Å². The predicted octanol–water partition coefficient (Wildman–Crippen LogP) is 0.762. The van der Waals surface area contributed by atoms with Crippen LogP contribution in [0.4, 0.5) is 0 Å². The Morgan fingerprint density at radius 3 is 1.78 bits per heavy atom. The third-order valence-electron chi connectivity index (χ3n) is 1.70. The molecule has 0 aromatic carbocycles. The largest absolute Gasteiger partial charge is 0.396 e. The maximum atomic E-state index is 8.79. The first kappa shape index (κ1) is 9.40. The van der Waals surface area contributed by atoms with Gasteiger partial charge in [-0.2, -0.15) is 0 Å². The lowest BCUT2D eigenvalue weighted by Gasteiger charge is -2.24. The van der Waals surface area contributed by atoms with Crippen molar-refractivity contribution < 1.29 is 10.2 Å². The summed E-state index contributed by atoms with van der Waals surface area (Å²) in [4.78, 5) is 0. The van der Waals surface area contributed by atoms with Gasteiger partial charge in [-0.25, -0.2) is 0 Å². The van der Waals surface area contributed by atoms with Crippen molar-refractivity contribution >= 4 is 15.9 Å². The normalized spacial score (nSPS) is 12.0. The molecule has 2 nitrogen and oxygen atoms in total. The fourth-order valence-corrected chi connectivity index (χ4v) is 1.20. The van der Waals surface area contributed by atoms with Crippen molar-refractivity contribution in [2.75, 3.05) is 18.5 Å². The minimum absolute atomic E-state index is 0.0469. The number of alkyl halides is 1. The van der Waals surface area contributed by atoms with Crippen LogP contribution in [0.1, 0.15) is 13.3 Å². The molecule has 0 unspecified atom stereocenters. The van der Waals surface area contributed by atoms with Gasteiger partial charge in [-0.3, -0.25) is 0 Å². The number of hydrogen-bond donors (Lipinski definition) is 2. The maximum absolute atomic E-state index is 8.79. The Kier molecular flexibility index (Phi) is 4.44. The van der Waals surface area contributed by atoms with Crippen molar-refractivity contribution in [3.63, 3.8) is 0 Å². The number of hydrogen-bond acceptors (Lipinski definition) is 2. The molecule has 0 rings (SSSR count). The van der Waals surface area contributed by atoms with Crippen LogP contribution in [-0.2, 0) is 0 Å². The molecule has 0 aliphatic rings. The van der Waals surface area contributed by atoms with Crippen LogP contribution in [-0.4, -0.2) is 28.8 Å². The van der Waals surface area contributed by atoms with Crippen LogP contribution in [0.15, 0.2) is 0 Å². The second-order valence-corrected chi connectivity index (χ2v) is 2.86. The van der Waals surface area contributed by atoms with Gasteiger partial charge in [0, 0.05) is 10.7 Å². The Bertz CT molecular complexity index is 53.9. The van der Waals surface area contributed by atoms with Gasteiger partial charge in [0.05, 0.1) is 13.2 Å². The van der Waals surface area contributed by atoms with E-state index < -0.39 is 0 Å². The zero-order valence-corrected chi connectivity index (χ0v) is 7.19. The van der Waals surface area contributed by atoms with Crippen molar-refractivity contribution in [1.82, 2.24) is 0 Å². The summed E-state index contributed by atoms with van der Waals surface area (Å²) in [6.45, 7) is 2.05. The topological polar surface area (TPSA) is 40.5 Å². The molecule has 0 aromatic heterocycles. The van der Waals surface area contributed by atoms with Gasteiger partial charge in [0.2, 0.25) is 0 Å². The van der Waals surface area contributed by atoms with Crippen molar-refractivity contribution in [3.8, 4) is 0 Å². The average molecular weight is 197 g/mol. The molecule has 0 bridgehead atoms. The van der Waals surface area contributed by atoms with E-state index in [-0.39, 0.29) is 18.6 Å². The van der Waals surface area contributed by atoms with Gasteiger partial charge < -0.3 is 10.2 Å². The lowest BCUT2D eigenvalue weighted by molar-refractivity contribution is 0.0720. The van der Waals surface area contributed by atoms with Crippen LogP contribution in [0.5, 0.6) is 0 Å². The van der Waals surface area contributed by atoms with Crippen LogP contribution in [0.3, 0.4) is 0 Å². The number of rotatable bonds is 4. The Morgan fingerprint density at radius 1 is 1.33 bits per heavy atom. The summed E-state index contributed by atoms with van der Waals surface area (Å²) in [5, 5.41) is 18.2. The second kappa shape index (κ2) is 4.25. The third-order valence-corrected chi connectivity index (χ3v) is 2.89. The molecule has 0 aliphatic heterocycles. The van der Waals surface area contributed by atoms with Gasteiger partial charge in [-0.05, 0) is 6.42 Å². The Labute approximate surface area is 64.0 Å². The SMILES string of the molecule is CCC(CO)(CO)CBr. The van der Waals surface area contributed by atoms with E-state index in [0.29, 0.717) is 5.33 Å². The average Bonchev–Trinajstić information content (AvgIpc) is 1.95. The molecule has 0 fully saturated rings. The maximum Gasteiger partial charge on any atom is 0.0517 e. The lowest BCUT2D eigenvalue weighted by atomic mass is 9.90. The monoisotopic (exact) mass is 196 g/mol. The van der Waals surface area contributed by atoms with E-state index in [1.165, 1.54) is 0 Å². The molecule has 56 valence electrons. The molecule has 0 atom stereocenters. The summed E-state index contributed by atoms with van der Waals surface area (Å²) >= 11 is 3.23. The first-order valence-corrected chi connectivity index (χ1v) is 4.14. The molecular weight excluding hydrogens is 184 g/mol. The van der Waals surface area contributed by atoms with E-state index in [2.05, 4.69) is 15.9 Å². The lowest BCUT2D eigenvalue weighted by Crippen LogP contribution is -2.30. The van der Waals surface area contributed by atoms with E-state index in [0.717, 1.165) is 6.42 Å². The molecule has 0 saturated carbocycles. The Morgan fingerprint density at radius 2 is 1.78 bits per heavy atom. The molecule has 0 aliphatic carbocycles. The van der Waals surface area contributed by atoms with Crippen molar-refractivity contribution in [2.45, 2.75) is 13.3 Å². The van der Waals surface area contributed by atoms with Gasteiger partial charge >= 0.3 is 0 Å². The Hall–Kier alpha value is 0.400. The zero-order valence-electron chi connectivity index (χ0n) is 5.60. The minimum Gasteiger partial charge on any atom is -0.396 e. The van der Waals surface area contributed by atoms with Crippen LogP contribution >= 0.6 is 15.9 Å². The summed E-state index contributed by atoms with van der Waals surface area (Å²) in [6.07, 6.45) is 0.797. The number of aliphatic hydroxyl groups excluding tert-OH is 2. The highest BCUT2D eigenvalue weighted by Gasteiger charge is 2.24. The van der Waals surface area contributed by atoms with Crippen molar-refractivity contribution in [2.24, 2.45) is 5.41 Å². The summed E-state index contributed by atoms with van der Waals surface area (Å²) < 4.78 is 0. The standard InChI is InChI=1S/C6H13BrO2/c1-2-6(3-7,4-8)5-9/h8-9H,2-5H2,1H3. The van der Waals surface area contributed by atoms with E-state index in [1.807, 2.05) is 6.92 Å². The van der Waals surface area contributed by atoms with Gasteiger partial charge in [0.25, 0.3) is 0 Å². The molecule has 0 amide bonds. The fourth-order valence-electron chi connectivity index (χ4n) is 0.453. The highest BCUT2D eigenvalue weighted by molar-refractivity contribution is 9.09. The van der Waals surface area contributed by atoms with Gasteiger partial charge in [-0.1, -0.05) is 22.9 Å². The first-order chi connectivity index (χ1) is 4.24. The molecule has 2 N–H and O–H groups in total. The molecular formula is C6H13BrO2. The summed E-state index contributed by atoms with van der Waals surface area (Å²) in [5.41, 5.74) is -0.306. The molecule has 3 heteroatoms. The van der Waals surface area contributed by atoms with Crippen LogP contribution < -0.4 is 0 Å². The van der Waals surface area contributed by atoms with Crippen LogP contribution in [0, 0.1) is 5.41 Å². The quantitative estimate of drug-likeness (QED) is 0.653. The van der Waals surface area contributed by atoms with E-state index in [1.54, 1.807) is 0 Å². The third kappa shape index (κ3) is 2.24. The summed E-state index contributed by atoms with van der Waals surface area (Å²) in [5.74, 6) is 0. The molecule has 0 saturated heterocycles. The molecule has 0 spiro atoms. The second-order valence-electron chi connectivity index (χ2n) is 2.30. The fraction of sp³-hybridized carbons (Fsp3) is 1.00. The van der Waals surface area contributed by atoms with Gasteiger partial charge in [0.15, 0.2) is 0 Å². The molecule has 0 radical (unpaired) electrons. The molecule has 9 heavy (non-hydrogen) atoms. The highest BCUT2D eigenvalue weighted by atomic mass is 79.9. The smallest absolute Gasteiger partial charge is 0.0517 e. The summed E-state index contributed by atoms with van der Waals surface area (Å²) in [6, 6.07) is 0. The van der Waals surface area contributed by atoms with Gasteiger partial charge in [0.1, 0.15) is 0 Å². The predicted molar refractivity (Wildman–Crippen MR) is 40.7 cm³/mol. The van der Waals surface area contributed by atoms with Crippen molar-refractivity contribution in [3.05, 3.63) is 0 Å². The number of aliphatic hydroxyl groups is 2. The molecule has 0 aromatic rings. The van der Waals surface area contributed by atoms with E-state index in [9.17, 15) is 0 Å². The first-order valence-electron chi connectivity index (χ1n) is 3.02. The molecule has 0 heterocycles. The van der Waals surface area contributed by atoms with Crippen molar-refractivity contribution in [1.29, 1.82) is 0 Å². The van der Waals surface area contributed by atoms with Crippen LogP contribution in [0.2, 0.25) is 0 Å².